The van der Waals surface area contributed by atoms with Gasteiger partial charge >= 0.3 is 0 Å². The lowest BCUT2D eigenvalue weighted by Crippen LogP contribution is -2.29. The van der Waals surface area contributed by atoms with Crippen LogP contribution in [0.5, 0.6) is 17.2 Å². The van der Waals surface area contributed by atoms with Gasteiger partial charge in [-0.1, -0.05) is 36.4 Å². The molecule has 1 aliphatic rings. The van der Waals surface area contributed by atoms with Crippen molar-refractivity contribution in [2.75, 3.05) is 6.61 Å². The summed E-state index contributed by atoms with van der Waals surface area (Å²) in [6.07, 6.45) is 3.30. The normalized spacial score (nSPS) is 16.4. The van der Waals surface area contributed by atoms with E-state index in [4.69, 9.17) is 9.47 Å². The van der Waals surface area contributed by atoms with Gasteiger partial charge < -0.3 is 19.5 Å². The lowest BCUT2D eigenvalue weighted by Gasteiger charge is -2.25. The SMILES string of the molecule is CCOc1ccc(C(O)=C2C(=O)C(=O)N(Cc3cccnc3)[C@H]2c2cccc(Oc3ccccc3)c2)cc1C. The molecule has 196 valence electrons. The van der Waals surface area contributed by atoms with Crippen molar-refractivity contribution < 1.29 is 24.2 Å². The number of aryl methyl sites for hydroxylation is 1. The lowest BCUT2D eigenvalue weighted by molar-refractivity contribution is -0.140. The van der Waals surface area contributed by atoms with Crippen LogP contribution in [-0.2, 0) is 16.1 Å². The zero-order valence-electron chi connectivity index (χ0n) is 21.7. The average molecular weight is 521 g/mol. The summed E-state index contributed by atoms with van der Waals surface area (Å²) < 4.78 is 11.7. The van der Waals surface area contributed by atoms with Crippen molar-refractivity contribution in [2.24, 2.45) is 0 Å². The second-order valence-electron chi connectivity index (χ2n) is 9.19. The fraction of sp³-hybridized carbons (Fsp3) is 0.156. The van der Waals surface area contributed by atoms with Gasteiger partial charge in [-0.3, -0.25) is 14.6 Å². The Labute approximate surface area is 227 Å². The number of aliphatic hydroxyl groups excluding tert-OH is 1. The van der Waals surface area contributed by atoms with Crippen molar-refractivity contribution in [3.63, 3.8) is 0 Å². The van der Waals surface area contributed by atoms with Gasteiger partial charge in [-0.25, -0.2) is 0 Å². The fourth-order valence-electron chi connectivity index (χ4n) is 4.72. The highest BCUT2D eigenvalue weighted by Crippen LogP contribution is 2.41. The van der Waals surface area contributed by atoms with Gasteiger partial charge in [0.05, 0.1) is 18.2 Å². The van der Waals surface area contributed by atoms with E-state index in [9.17, 15) is 14.7 Å². The molecule has 0 radical (unpaired) electrons. The van der Waals surface area contributed by atoms with Crippen LogP contribution in [0.25, 0.3) is 5.76 Å². The summed E-state index contributed by atoms with van der Waals surface area (Å²) in [5, 5.41) is 11.5. The maximum absolute atomic E-state index is 13.5. The van der Waals surface area contributed by atoms with E-state index in [0.29, 0.717) is 35.0 Å². The molecule has 0 bridgehead atoms. The van der Waals surface area contributed by atoms with E-state index in [1.807, 2.05) is 56.3 Å². The van der Waals surface area contributed by atoms with Gasteiger partial charge in [-0.05, 0) is 79.1 Å². The molecule has 1 aromatic heterocycles. The molecule has 3 aromatic carbocycles. The Bertz CT molecular complexity index is 1530. The molecule has 39 heavy (non-hydrogen) atoms. The summed E-state index contributed by atoms with van der Waals surface area (Å²) in [4.78, 5) is 32.4. The van der Waals surface area contributed by atoms with Crippen LogP contribution in [-0.4, -0.2) is 33.3 Å². The number of benzene rings is 3. The summed E-state index contributed by atoms with van der Waals surface area (Å²) in [5.41, 5.74) is 2.65. The monoisotopic (exact) mass is 520 g/mol. The first kappa shape index (κ1) is 25.7. The molecule has 1 fully saturated rings. The van der Waals surface area contributed by atoms with Gasteiger partial charge in [0, 0.05) is 24.5 Å². The van der Waals surface area contributed by atoms with Gasteiger partial charge in [0.15, 0.2) is 0 Å². The highest BCUT2D eigenvalue weighted by Gasteiger charge is 2.46. The summed E-state index contributed by atoms with van der Waals surface area (Å²) in [6, 6.07) is 24.5. The van der Waals surface area contributed by atoms with Crippen molar-refractivity contribution in [1.82, 2.24) is 9.88 Å². The van der Waals surface area contributed by atoms with Crippen LogP contribution >= 0.6 is 0 Å². The van der Waals surface area contributed by atoms with Gasteiger partial charge in [0.25, 0.3) is 11.7 Å². The minimum Gasteiger partial charge on any atom is -0.507 e. The van der Waals surface area contributed by atoms with E-state index in [1.54, 1.807) is 54.9 Å². The number of carbonyl (C=O) groups excluding carboxylic acids is 2. The summed E-state index contributed by atoms with van der Waals surface area (Å²) in [7, 11) is 0. The fourth-order valence-corrected chi connectivity index (χ4v) is 4.72. The van der Waals surface area contributed by atoms with Crippen molar-refractivity contribution in [3.05, 3.63) is 125 Å². The lowest BCUT2D eigenvalue weighted by atomic mass is 9.94. The maximum atomic E-state index is 13.5. The highest BCUT2D eigenvalue weighted by atomic mass is 16.5. The number of hydrogen-bond acceptors (Lipinski definition) is 6. The first-order chi connectivity index (χ1) is 19.0. The van der Waals surface area contributed by atoms with Crippen LogP contribution in [0.2, 0.25) is 0 Å². The number of Topliss-reactive ketones (excluding diaryl/α,β-unsaturated/α-hetero) is 1. The number of para-hydroxylation sites is 1. The van der Waals surface area contributed by atoms with Gasteiger partial charge in [0.2, 0.25) is 0 Å². The second kappa shape index (κ2) is 11.2. The van der Waals surface area contributed by atoms with Crippen molar-refractivity contribution >= 4 is 17.4 Å². The largest absolute Gasteiger partial charge is 0.507 e. The minimum absolute atomic E-state index is 0.0179. The molecule has 0 spiro atoms. The number of aromatic nitrogens is 1. The predicted octanol–water partition coefficient (Wildman–Crippen LogP) is 6.20. The first-order valence-corrected chi connectivity index (χ1v) is 12.7. The third kappa shape index (κ3) is 5.38. The van der Waals surface area contributed by atoms with Gasteiger partial charge in [-0.2, -0.15) is 0 Å². The molecule has 1 saturated heterocycles. The number of nitrogens with zero attached hydrogens (tertiary/aromatic N) is 2. The Hall–Kier alpha value is -4.91. The zero-order chi connectivity index (χ0) is 27.4. The zero-order valence-corrected chi connectivity index (χ0v) is 21.7. The Morgan fingerprint density at radius 3 is 2.46 bits per heavy atom. The van der Waals surface area contributed by atoms with E-state index in [1.165, 1.54) is 4.90 Å². The summed E-state index contributed by atoms with van der Waals surface area (Å²) in [5.74, 6) is 0.206. The molecule has 7 heteroatoms. The topological polar surface area (TPSA) is 89.0 Å². The van der Waals surface area contributed by atoms with Gasteiger partial charge in [-0.15, -0.1) is 0 Å². The van der Waals surface area contributed by atoms with Crippen LogP contribution in [0.15, 0.2) is 103 Å². The first-order valence-electron chi connectivity index (χ1n) is 12.7. The maximum Gasteiger partial charge on any atom is 0.295 e. The number of ether oxygens (including phenoxy) is 2. The number of pyridine rings is 1. The molecule has 5 rings (SSSR count). The van der Waals surface area contributed by atoms with Crippen LogP contribution in [0.1, 0.15) is 35.2 Å². The number of rotatable bonds is 8. The number of aliphatic hydroxyl groups is 1. The molecule has 0 aliphatic carbocycles. The Morgan fingerprint density at radius 1 is 0.949 bits per heavy atom. The highest BCUT2D eigenvalue weighted by molar-refractivity contribution is 6.46. The van der Waals surface area contributed by atoms with Crippen molar-refractivity contribution in [2.45, 2.75) is 26.4 Å². The molecule has 1 atom stereocenters. The number of carbonyl (C=O) groups is 2. The van der Waals surface area contributed by atoms with Crippen LogP contribution in [0.4, 0.5) is 0 Å². The molecular formula is C32H28N2O5. The van der Waals surface area contributed by atoms with E-state index >= 15 is 0 Å². The molecule has 1 N–H and O–H groups in total. The number of hydrogen-bond donors (Lipinski definition) is 1. The minimum atomic E-state index is -0.837. The molecule has 7 nitrogen and oxygen atoms in total. The molecular weight excluding hydrogens is 492 g/mol. The molecule has 1 aliphatic heterocycles. The summed E-state index contributed by atoms with van der Waals surface area (Å²) >= 11 is 0. The van der Waals surface area contributed by atoms with Crippen LogP contribution < -0.4 is 9.47 Å². The van der Waals surface area contributed by atoms with Gasteiger partial charge in [0.1, 0.15) is 23.0 Å². The summed E-state index contributed by atoms with van der Waals surface area (Å²) in [6.45, 7) is 4.41. The third-order valence-electron chi connectivity index (χ3n) is 6.52. The van der Waals surface area contributed by atoms with Crippen molar-refractivity contribution in [3.8, 4) is 17.2 Å². The van der Waals surface area contributed by atoms with Crippen LogP contribution in [0, 0.1) is 6.92 Å². The smallest absolute Gasteiger partial charge is 0.295 e. The van der Waals surface area contributed by atoms with Crippen molar-refractivity contribution in [1.29, 1.82) is 0 Å². The third-order valence-corrected chi connectivity index (χ3v) is 6.52. The number of ketones is 1. The molecule has 4 aromatic rings. The average Bonchev–Trinajstić information content (AvgIpc) is 3.20. The number of likely N-dealkylation sites (tertiary alicyclic amines) is 1. The quantitative estimate of drug-likeness (QED) is 0.169. The molecule has 0 saturated carbocycles. The van der Waals surface area contributed by atoms with E-state index in [2.05, 4.69) is 4.98 Å². The molecule has 2 heterocycles. The predicted molar refractivity (Wildman–Crippen MR) is 147 cm³/mol. The van der Waals surface area contributed by atoms with E-state index in [-0.39, 0.29) is 17.9 Å². The van der Waals surface area contributed by atoms with E-state index < -0.39 is 17.7 Å². The molecule has 0 unspecified atom stereocenters. The molecule has 1 amide bonds. The Kier molecular flexibility index (Phi) is 7.41. The van der Waals surface area contributed by atoms with Crippen LogP contribution in [0.3, 0.4) is 0 Å². The Morgan fingerprint density at radius 2 is 1.74 bits per heavy atom. The number of amides is 1. The van der Waals surface area contributed by atoms with E-state index in [0.717, 1.165) is 11.1 Å². The Balaban J connectivity index is 1.61. The standard InChI is InChI=1S/C32H28N2O5/c1-3-38-27-15-14-24(17-21(27)2)30(35)28-29(34(32(37)31(28)36)20-22-9-8-16-33-19-22)23-10-7-13-26(18-23)39-25-11-5-4-6-12-25/h4-19,29,35H,3,20H2,1-2H3/t29-/m0/s1. The second-order valence-corrected chi connectivity index (χ2v) is 9.19.